The number of amides is 2. The molecule has 1 aromatic heterocycles. The van der Waals surface area contributed by atoms with Crippen molar-refractivity contribution in [2.24, 2.45) is 5.92 Å². The van der Waals surface area contributed by atoms with Gasteiger partial charge in [0.15, 0.2) is 0 Å². The lowest BCUT2D eigenvalue weighted by molar-refractivity contribution is -0.133. The van der Waals surface area contributed by atoms with Crippen LogP contribution in [0.25, 0.3) is 0 Å². The van der Waals surface area contributed by atoms with Crippen molar-refractivity contribution in [1.82, 2.24) is 4.90 Å². The summed E-state index contributed by atoms with van der Waals surface area (Å²) < 4.78 is 0. The zero-order chi connectivity index (χ0) is 16.9. The highest BCUT2D eigenvalue weighted by molar-refractivity contribution is 7.07. The quantitative estimate of drug-likeness (QED) is 0.853. The maximum absolute atomic E-state index is 13.1. The van der Waals surface area contributed by atoms with Crippen LogP contribution >= 0.6 is 11.3 Å². The normalized spacial score (nSPS) is 15.3. The molecule has 4 nitrogen and oxygen atoms in total. The molecular formula is C19H22N2O2S. The topological polar surface area (TPSA) is 40.6 Å². The number of hydrogen-bond acceptors (Lipinski definition) is 3. The van der Waals surface area contributed by atoms with Gasteiger partial charge in [-0.1, -0.05) is 18.2 Å². The summed E-state index contributed by atoms with van der Waals surface area (Å²) in [4.78, 5) is 28.3. The van der Waals surface area contributed by atoms with E-state index in [0.29, 0.717) is 19.6 Å². The van der Waals surface area contributed by atoms with E-state index >= 15 is 0 Å². The van der Waals surface area contributed by atoms with E-state index in [4.69, 9.17) is 0 Å². The smallest absolute Gasteiger partial charge is 0.230 e. The number of carbonyl (C=O) groups is 2. The summed E-state index contributed by atoms with van der Waals surface area (Å²) in [5, 5.41) is 4.12. The lowest BCUT2D eigenvalue weighted by Crippen LogP contribution is -2.43. The van der Waals surface area contributed by atoms with Crippen molar-refractivity contribution >= 4 is 28.8 Å². The molecule has 0 atom stereocenters. The van der Waals surface area contributed by atoms with Crippen molar-refractivity contribution < 1.29 is 9.59 Å². The summed E-state index contributed by atoms with van der Waals surface area (Å²) >= 11 is 1.65. The second-order valence-electron chi connectivity index (χ2n) is 6.17. The van der Waals surface area contributed by atoms with Crippen LogP contribution in [-0.2, 0) is 16.1 Å². The van der Waals surface area contributed by atoms with Gasteiger partial charge in [-0.2, -0.15) is 11.3 Å². The Morgan fingerprint density at radius 1 is 1.17 bits per heavy atom. The molecule has 0 saturated carbocycles. The number of piperidine rings is 1. The Hall–Kier alpha value is -2.14. The van der Waals surface area contributed by atoms with E-state index in [2.05, 4.69) is 11.4 Å². The van der Waals surface area contributed by atoms with Crippen molar-refractivity contribution in [1.29, 1.82) is 0 Å². The molecule has 0 N–H and O–H groups in total. The molecule has 0 unspecified atom stereocenters. The first kappa shape index (κ1) is 16.7. The van der Waals surface area contributed by atoms with Gasteiger partial charge in [0.1, 0.15) is 0 Å². The largest absolute Gasteiger partial charge is 0.343 e. The number of carbonyl (C=O) groups excluding carboxylic acids is 2. The lowest BCUT2D eigenvalue weighted by Gasteiger charge is -2.34. The van der Waals surface area contributed by atoms with Crippen LogP contribution in [0.4, 0.5) is 5.69 Å². The number of rotatable bonds is 4. The molecule has 1 fully saturated rings. The van der Waals surface area contributed by atoms with Crippen LogP contribution in [0.15, 0.2) is 47.2 Å². The highest BCUT2D eigenvalue weighted by Crippen LogP contribution is 2.25. The van der Waals surface area contributed by atoms with Crippen LogP contribution in [0, 0.1) is 5.92 Å². The van der Waals surface area contributed by atoms with Gasteiger partial charge in [0, 0.05) is 31.6 Å². The molecule has 2 amide bonds. The maximum atomic E-state index is 13.1. The molecule has 1 saturated heterocycles. The van der Waals surface area contributed by atoms with Gasteiger partial charge in [-0.15, -0.1) is 0 Å². The minimum absolute atomic E-state index is 0.0144. The fraction of sp³-hybridized carbons (Fsp3) is 0.368. The van der Waals surface area contributed by atoms with Gasteiger partial charge in [0.05, 0.1) is 6.54 Å². The van der Waals surface area contributed by atoms with Crippen LogP contribution in [0.2, 0.25) is 0 Å². The van der Waals surface area contributed by atoms with Crippen LogP contribution in [-0.4, -0.2) is 29.8 Å². The Morgan fingerprint density at radius 3 is 2.46 bits per heavy atom. The van der Waals surface area contributed by atoms with E-state index in [-0.39, 0.29) is 17.7 Å². The van der Waals surface area contributed by atoms with E-state index in [9.17, 15) is 9.59 Å². The van der Waals surface area contributed by atoms with E-state index in [0.717, 1.165) is 24.1 Å². The molecule has 0 bridgehead atoms. The standard InChI is InChI=1S/C19H22N2O2S/c1-15(22)20-10-7-17(8-11-20)19(23)21(13-16-9-12-24-14-16)18-5-3-2-4-6-18/h2-6,9,12,14,17H,7-8,10-11,13H2,1H3. The molecule has 5 heteroatoms. The van der Waals surface area contributed by atoms with Gasteiger partial charge in [-0.05, 0) is 47.4 Å². The summed E-state index contributed by atoms with van der Waals surface area (Å²) in [5.41, 5.74) is 2.08. The van der Waals surface area contributed by atoms with E-state index in [1.165, 1.54) is 0 Å². The molecule has 1 aromatic carbocycles. The third-order valence-corrected chi connectivity index (χ3v) is 5.28. The minimum Gasteiger partial charge on any atom is -0.343 e. The maximum Gasteiger partial charge on any atom is 0.230 e. The third kappa shape index (κ3) is 3.85. The summed E-state index contributed by atoms with van der Waals surface area (Å²) in [7, 11) is 0. The predicted molar refractivity (Wildman–Crippen MR) is 96.9 cm³/mol. The van der Waals surface area contributed by atoms with Crippen LogP contribution in [0.1, 0.15) is 25.3 Å². The molecule has 1 aliphatic heterocycles. The zero-order valence-corrected chi connectivity index (χ0v) is 14.7. The summed E-state index contributed by atoms with van der Waals surface area (Å²) in [5.74, 6) is 0.245. The number of likely N-dealkylation sites (tertiary alicyclic amines) is 1. The van der Waals surface area contributed by atoms with Gasteiger partial charge >= 0.3 is 0 Å². The highest BCUT2D eigenvalue weighted by atomic mass is 32.1. The lowest BCUT2D eigenvalue weighted by atomic mass is 9.94. The van der Waals surface area contributed by atoms with Gasteiger partial charge in [-0.3, -0.25) is 9.59 Å². The van der Waals surface area contributed by atoms with Crippen LogP contribution in [0.3, 0.4) is 0 Å². The first-order chi connectivity index (χ1) is 11.6. The average Bonchev–Trinajstić information content (AvgIpc) is 3.13. The first-order valence-electron chi connectivity index (χ1n) is 8.28. The molecule has 24 heavy (non-hydrogen) atoms. The van der Waals surface area contributed by atoms with Crippen molar-refractivity contribution in [3.8, 4) is 0 Å². The molecule has 0 radical (unpaired) electrons. The number of thiophene rings is 1. The van der Waals surface area contributed by atoms with Crippen LogP contribution in [0.5, 0.6) is 0 Å². The Morgan fingerprint density at radius 2 is 1.88 bits per heavy atom. The predicted octanol–water partition coefficient (Wildman–Crippen LogP) is 3.54. The molecule has 0 spiro atoms. The molecular weight excluding hydrogens is 320 g/mol. The molecule has 3 rings (SSSR count). The minimum atomic E-state index is -0.0144. The Labute approximate surface area is 146 Å². The summed E-state index contributed by atoms with van der Waals surface area (Å²) in [6, 6.07) is 11.9. The number of anilines is 1. The molecule has 2 heterocycles. The fourth-order valence-corrected chi connectivity index (χ4v) is 3.79. The number of para-hydroxylation sites is 1. The summed E-state index contributed by atoms with van der Waals surface area (Å²) in [6.45, 7) is 3.54. The SMILES string of the molecule is CC(=O)N1CCC(C(=O)N(Cc2ccsc2)c2ccccc2)CC1. The Kier molecular flexibility index (Phi) is 5.30. The Bertz CT molecular complexity index is 677. The molecule has 1 aliphatic rings. The number of hydrogen-bond donors (Lipinski definition) is 0. The Balaban J connectivity index is 1.75. The second-order valence-corrected chi connectivity index (χ2v) is 6.95. The molecule has 126 valence electrons. The van der Waals surface area contributed by atoms with Crippen LogP contribution < -0.4 is 4.90 Å². The van der Waals surface area contributed by atoms with Crippen molar-refractivity contribution in [3.63, 3.8) is 0 Å². The van der Waals surface area contributed by atoms with E-state index in [1.807, 2.05) is 45.5 Å². The van der Waals surface area contributed by atoms with Crippen molar-refractivity contribution in [2.45, 2.75) is 26.3 Å². The molecule has 2 aromatic rings. The monoisotopic (exact) mass is 342 g/mol. The van der Waals surface area contributed by atoms with Gasteiger partial charge in [0.25, 0.3) is 0 Å². The summed E-state index contributed by atoms with van der Waals surface area (Å²) in [6.07, 6.45) is 1.48. The first-order valence-corrected chi connectivity index (χ1v) is 9.22. The fourth-order valence-electron chi connectivity index (χ4n) is 3.13. The van der Waals surface area contributed by atoms with Gasteiger partial charge in [-0.25, -0.2) is 0 Å². The van der Waals surface area contributed by atoms with Crippen molar-refractivity contribution in [3.05, 3.63) is 52.7 Å². The second kappa shape index (κ2) is 7.62. The van der Waals surface area contributed by atoms with E-state index in [1.54, 1.807) is 18.3 Å². The number of benzene rings is 1. The van der Waals surface area contributed by atoms with Gasteiger partial charge in [0.2, 0.25) is 11.8 Å². The third-order valence-electron chi connectivity index (χ3n) is 4.54. The zero-order valence-electron chi connectivity index (χ0n) is 13.9. The molecule has 0 aliphatic carbocycles. The average molecular weight is 342 g/mol. The number of nitrogens with zero attached hydrogens (tertiary/aromatic N) is 2. The highest BCUT2D eigenvalue weighted by Gasteiger charge is 2.30. The van der Waals surface area contributed by atoms with Gasteiger partial charge < -0.3 is 9.80 Å². The van der Waals surface area contributed by atoms with Crippen molar-refractivity contribution in [2.75, 3.05) is 18.0 Å². The van der Waals surface area contributed by atoms with E-state index < -0.39 is 0 Å².